The van der Waals surface area contributed by atoms with E-state index >= 15 is 0 Å². The summed E-state index contributed by atoms with van der Waals surface area (Å²) in [6.45, 7) is 9.50. The zero-order valence-corrected chi connectivity index (χ0v) is 12.3. The molecule has 100 valence electrons. The molecule has 0 saturated heterocycles. The van der Waals surface area contributed by atoms with Crippen molar-refractivity contribution in [2.24, 2.45) is 0 Å². The van der Waals surface area contributed by atoms with Crippen molar-refractivity contribution < 1.29 is 4.74 Å². The Hall–Kier alpha value is -0.860. The summed E-state index contributed by atoms with van der Waals surface area (Å²) in [7, 11) is 4.25. The third-order valence-electron chi connectivity index (χ3n) is 3.55. The highest BCUT2D eigenvalue weighted by Crippen LogP contribution is 2.30. The zero-order valence-electron chi connectivity index (χ0n) is 12.3. The number of hydrogen-bond acceptors (Lipinski definition) is 2. The first-order valence-electron chi connectivity index (χ1n) is 6.75. The molecule has 0 atom stereocenters. The van der Waals surface area contributed by atoms with E-state index in [-0.39, 0.29) is 5.41 Å². The fraction of sp³-hybridized carbons (Fsp3) is 0.625. The van der Waals surface area contributed by atoms with E-state index < -0.39 is 0 Å². The number of fused-ring (bicyclic) bond motifs is 1. The van der Waals surface area contributed by atoms with Gasteiger partial charge in [-0.3, -0.25) is 0 Å². The summed E-state index contributed by atoms with van der Waals surface area (Å²) >= 11 is 0. The minimum Gasteiger partial charge on any atom is -0.376 e. The van der Waals surface area contributed by atoms with E-state index in [9.17, 15) is 0 Å². The summed E-state index contributed by atoms with van der Waals surface area (Å²) in [6.07, 6.45) is 1.06. The Morgan fingerprint density at radius 3 is 2.56 bits per heavy atom. The van der Waals surface area contributed by atoms with Crippen molar-refractivity contribution >= 4 is 0 Å². The minimum absolute atomic E-state index is 0.217. The molecule has 18 heavy (non-hydrogen) atoms. The minimum atomic E-state index is 0.217. The van der Waals surface area contributed by atoms with Gasteiger partial charge in [0.2, 0.25) is 0 Å². The predicted octanol–water partition coefficient (Wildman–Crippen LogP) is 3.12. The molecule has 0 unspecified atom stereocenters. The van der Waals surface area contributed by atoms with E-state index in [0.29, 0.717) is 0 Å². The summed E-state index contributed by atoms with van der Waals surface area (Å²) in [6, 6.07) is 4.75. The highest BCUT2D eigenvalue weighted by Gasteiger charge is 2.20. The lowest BCUT2D eigenvalue weighted by atomic mass is 9.82. The third kappa shape index (κ3) is 2.93. The van der Waals surface area contributed by atoms with Crippen LogP contribution in [0.1, 0.15) is 43.0 Å². The molecule has 1 aromatic carbocycles. The van der Waals surface area contributed by atoms with Crippen LogP contribution in [0.25, 0.3) is 0 Å². The molecule has 1 aliphatic rings. The summed E-state index contributed by atoms with van der Waals surface area (Å²) in [5.41, 5.74) is 6.00. The molecule has 0 spiro atoms. The second kappa shape index (κ2) is 5.02. The first kappa shape index (κ1) is 13.6. The van der Waals surface area contributed by atoms with Gasteiger partial charge in [-0.25, -0.2) is 0 Å². The molecule has 0 radical (unpaired) electrons. The molecule has 0 aliphatic carbocycles. The van der Waals surface area contributed by atoms with Gasteiger partial charge in [-0.1, -0.05) is 32.9 Å². The molecule has 0 amide bonds. The Kier molecular flexibility index (Phi) is 3.79. The predicted molar refractivity (Wildman–Crippen MR) is 75.9 cm³/mol. The van der Waals surface area contributed by atoms with Gasteiger partial charge in [0.25, 0.3) is 0 Å². The Bertz CT molecular complexity index is 429. The fourth-order valence-corrected chi connectivity index (χ4v) is 2.48. The van der Waals surface area contributed by atoms with Gasteiger partial charge in [-0.15, -0.1) is 0 Å². The third-order valence-corrected chi connectivity index (χ3v) is 3.55. The maximum Gasteiger partial charge on any atom is 0.0722 e. The molecule has 0 N–H and O–H groups in total. The molecule has 2 rings (SSSR count). The topological polar surface area (TPSA) is 12.5 Å². The number of ether oxygens (including phenoxy) is 1. The average Bonchev–Trinajstić information content (AvgIpc) is 2.27. The SMILES string of the molecule is CN(C)Cc1cc(C(C)(C)C)cc2c1COCC2. The molecule has 0 saturated carbocycles. The number of hydrogen-bond donors (Lipinski definition) is 0. The van der Waals surface area contributed by atoms with Gasteiger partial charge in [0.1, 0.15) is 0 Å². The molecular formula is C16H25NO. The van der Waals surface area contributed by atoms with Crippen LogP contribution in [0.2, 0.25) is 0 Å². The second-order valence-corrected chi connectivity index (χ2v) is 6.56. The smallest absolute Gasteiger partial charge is 0.0722 e. The van der Waals surface area contributed by atoms with Gasteiger partial charge in [-0.05, 0) is 48.2 Å². The number of nitrogens with zero attached hydrogens (tertiary/aromatic N) is 1. The maximum atomic E-state index is 5.63. The van der Waals surface area contributed by atoms with Crippen molar-refractivity contribution in [3.05, 3.63) is 34.4 Å². The number of rotatable bonds is 2. The second-order valence-electron chi connectivity index (χ2n) is 6.56. The summed E-state index contributed by atoms with van der Waals surface area (Å²) in [4.78, 5) is 2.23. The molecule has 0 fully saturated rings. The monoisotopic (exact) mass is 247 g/mol. The van der Waals surface area contributed by atoms with Gasteiger partial charge in [0.15, 0.2) is 0 Å². The lowest BCUT2D eigenvalue weighted by Gasteiger charge is -2.27. The molecule has 1 aliphatic heterocycles. The van der Waals surface area contributed by atoms with Gasteiger partial charge in [-0.2, -0.15) is 0 Å². The summed E-state index contributed by atoms with van der Waals surface area (Å²) < 4.78 is 5.63. The molecule has 2 nitrogen and oxygen atoms in total. The van der Waals surface area contributed by atoms with Crippen molar-refractivity contribution in [3.8, 4) is 0 Å². The Balaban J connectivity index is 2.48. The molecule has 1 heterocycles. The molecular weight excluding hydrogens is 222 g/mol. The Morgan fingerprint density at radius 1 is 1.22 bits per heavy atom. The van der Waals surface area contributed by atoms with Crippen LogP contribution in [0.3, 0.4) is 0 Å². The lowest BCUT2D eigenvalue weighted by Crippen LogP contribution is -2.20. The van der Waals surface area contributed by atoms with E-state index in [1.807, 2.05) is 0 Å². The van der Waals surface area contributed by atoms with Gasteiger partial charge in [0, 0.05) is 6.54 Å². The van der Waals surface area contributed by atoms with E-state index in [1.54, 1.807) is 0 Å². The van der Waals surface area contributed by atoms with Crippen molar-refractivity contribution in [1.29, 1.82) is 0 Å². The highest BCUT2D eigenvalue weighted by molar-refractivity contribution is 5.42. The largest absolute Gasteiger partial charge is 0.376 e. The van der Waals surface area contributed by atoms with Crippen molar-refractivity contribution in [2.45, 2.75) is 45.8 Å². The molecule has 0 bridgehead atoms. The Labute approximate surface area is 111 Å². The van der Waals surface area contributed by atoms with Crippen LogP contribution in [0.5, 0.6) is 0 Å². The van der Waals surface area contributed by atoms with Crippen LogP contribution in [0.4, 0.5) is 0 Å². The Morgan fingerprint density at radius 2 is 1.94 bits per heavy atom. The van der Waals surface area contributed by atoms with Crippen LogP contribution in [0.15, 0.2) is 12.1 Å². The highest BCUT2D eigenvalue weighted by atomic mass is 16.5. The normalized spacial score (nSPS) is 15.9. The lowest BCUT2D eigenvalue weighted by molar-refractivity contribution is 0.109. The summed E-state index contributed by atoms with van der Waals surface area (Å²) in [5.74, 6) is 0. The fourth-order valence-electron chi connectivity index (χ4n) is 2.48. The zero-order chi connectivity index (χ0) is 13.3. The maximum absolute atomic E-state index is 5.63. The average molecular weight is 247 g/mol. The van der Waals surface area contributed by atoms with E-state index in [1.165, 1.54) is 22.3 Å². The first-order valence-corrected chi connectivity index (χ1v) is 6.75. The van der Waals surface area contributed by atoms with Crippen LogP contribution in [-0.2, 0) is 29.7 Å². The van der Waals surface area contributed by atoms with Crippen LogP contribution < -0.4 is 0 Å². The first-order chi connectivity index (χ1) is 8.38. The van der Waals surface area contributed by atoms with Crippen molar-refractivity contribution in [1.82, 2.24) is 4.90 Å². The van der Waals surface area contributed by atoms with Crippen LogP contribution >= 0.6 is 0 Å². The quantitative estimate of drug-likeness (QED) is 0.796. The van der Waals surface area contributed by atoms with Gasteiger partial charge < -0.3 is 9.64 Å². The standard InChI is InChI=1S/C16H25NO/c1-16(2,3)14-8-12-6-7-18-11-15(12)13(9-14)10-17(4)5/h8-9H,6-7,10-11H2,1-5H3. The molecule has 2 heteroatoms. The van der Waals surface area contributed by atoms with Gasteiger partial charge in [0.05, 0.1) is 13.2 Å². The van der Waals surface area contributed by atoms with Crippen molar-refractivity contribution in [2.75, 3.05) is 20.7 Å². The van der Waals surface area contributed by atoms with Crippen LogP contribution in [0, 0.1) is 0 Å². The molecule has 0 aromatic heterocycles. The van der Waals surface area contributed by atoms with E-state index in [2.05, 4.69) is 51.9 Å². The molecule has 1 aromatic rings. The van der Waals surface area contributed by atoms with Gasteiger partial charge >= 0.3 is 0 Å². The van der Waals surface area contributed by atoms with E-state index in [4.69, 9.17) is 4.74 Å². The van der Waals surface area contributed by atoms with E-state index in [0.717, 1.165) is 26.2 Å². The van der Waals surface area contributed by atoms with Crippen molar-refractivity contribution in [3.63, 3.8) is 0 Å². The van der Waals surface area contributed by atoms with Crippen LogP contribution in [-0.4, -0.2) is 25.6 Å². The summed E-state index contributed by atoms with van der Waals surface area (Å²) in [5, 5.41) is 0. The number of benzene rings is 1.